The molecule has 0 aromatic heterocycles. The van der Waals surface area contributed by atoms with E-state index >= 15 is 0 Å². The predicted octanol–water partition coefficient (Wildman–Crippen LogP) is 5.81. The van der Waals surface area contributed by atoms with Crippen LogP contribution in [0.2, 0.25) is 0 Å². The van der Waals surface area contributed by atoms with E-state index in [-0.39, 0.29) is 5.39 Å². The Morgan fingerprint density at radius 3 is 1.77 bits per heavy atom. The lowest BCUT2D eigenvalue weighted by Gasteiger charge is -2.34. The Balaban J connectivity index is 2.41. The van der Waals surface area contributed by atoms with E-state index in [9.17, 15) is 53.1 Å². The quantitative estimate of drug-likeness (QED) is 0.578. The average molecular weight is 455 g/mol. The van der Waals surface area contributed by atoms with E-state index in [0.717, 1.165) is 12.1 Å². The first kappa shape index (κ1) is 23.6. The maximum absolute atomic E-state index is 14.2. The van der Waals surface area contributed by atoms with Crippen molar-refractivity contribution in [1.82, 2.24) is 0 Å². The molecule has 166 valence electrons. The van der Waals surface area contributed by atoms with Crippen molar-refractivity contribution in [1.29, 1.82) is 0 Å². The van der Waals surface area contributed by atoms with E-state index in [1.54, 1.807) is 6.07 Å². The van der Waals surface area contributed by atoms with Crippen molar-refractivity contribution in [3.05, 3.63) is 42.5 Å². The summed E-state index contributed by atoms with van der Waals surface area (Å²) >= 11 is 0. The number of carbonyl (C=O) groups is 1. The van der Waals surface area contributed by atoms with Crippen LogP contribution >= 0.6 is 0 Å². The van der Waals surface area contributed by atoms with Crippen LogP contribution in [0, 0.1) is 0 Å². The first-order valence-electron chi connectivity index (χ1n) is 7.51. The normalized spacial score (nSPS) is 15.7. The van der Waals surface area contributed by atoms with Crippen molar-refractivity contribution in [3.63, 3.8) is 0 Å². The predicted molar refractivity (Wildman–Crippen MR) is 79.5 cm³/mol. The summed E-state index contributed by atoms with van der Waals surface area (Å²) in [6.45, 7) is 0. The van der Waals surface area contributed by atoms with Crippen molar-refractivity contribution < 1.29 is 57.8 Å². The smallest absolute Gasteiger partial charge is 0.321 e. The van der Waals surface area contributed by atoms with Crippen molar-refractivity contribution in [3.8, 4) is 0 Å². The van der Waals surface area contributed by atoms with Gasteiger partial charge in [-0.05, 0) is 22.9 Å². The van der Waals surface area contributed by atoms with Gasteiger partial charge < -0.3 is 5.32 Å². The Bertz CT molecular complexity index is 939. The number of ether oxygens (including phenoxy) is 1. The summed E-state index contributed by atoms with van der Waals surface area (Å²) in [7, 11) is 0. The van der Waals surface area contributed by atoms with Crippen molar-refractivity contribution in [2.24, 2.45) is 0 Å². The van der Waals surface area contributed by atoms with Crippen LogP contribution in [-0.2, 0) is 9.53 Å². The van der Waals surface area contributed by atoms with E-state index in [4.69, 9.17) is 0 Å². The number of alkyl halides is 11. The number of fused-ring (bicyclic) bond motifs is 1. The minimum atomic E-state index is -7.24. The molecule has 0 aliphatic carbocycles. The molecule has 0 saturated carbocycles. The third-order valence-electron chi connectivity index (χ3n) is 3.65. The van der Waals surface area contributed by atoms with Gasteiger partial charge in [0.2, 0.25) is 0 Å². The Labute approximate surface area is 159 Å². The Morgan fingerprint density at radius 1 is 0.733 bits per heavy atom. The first-order valence-corrected chi connectivity index (χ1v) is 7.51. The molecule has 30 heavy (non-hydrogen) atoms. The van der Waals surface area contributed by atoms with Crippen LogP contribution < -0.4 is 5.32 Å². The first-order chi connectivity index (χ1) is 13.4. The number of carbonyl (C=O) groups excluding carboxylic acids is 1. The van der Waals surface area contributed by atoms with E-state index < -0.39 is 41.8 Å². The molecule has 1 N–H and O–H groups in total. The summed E-state index contributed by atoms with van der Waals surface area (Å²) in [6, 6.07) is 9.03. The van der Waals surface area contributed by atoms with Gasteiger partial charge in [0.05, 0.1) is 0 Å². The highest BCUT2D eigenvalue weighted by Crippen LogP contribution is 2.51. The molecule has 0 aliphatic rings. The number of hydrogen-bond donors (Lipinski definition) is 1. The van der Waals surface area contributed by atoms with Crippen molar-refractivity contribution in [2.45, 2.75) is 30.2 Å². The SMILES string of the molecule is O=C(Nc1ccc2ccccc2c1)C(F)(OC(F)(F)C(F)(F)C(F)(F)F)C(F)(F)F. The topological polar surface area (TPSA) is 38.3 Å². The molecule has 3 nitrogen and oxygen atoms in total. The second-order valence-corrected chi connectivity index (χ2v) is 5.80. The van der Waals surface area contributed by atoms with Crippen LogP contribution in [0.5, 0.6) is 0 Å². The van der Waals surface area contributed by atoms with Gasteiger partial charge in [-0.2, -0.15) is 48.3 Å². The monoisotopic (exact) mass is 455 g/mol. The zero-order chi connectivity index (χ0) is 23.2. The van der Waals surface area contributed by atoms with Gasteiger partial charge in [-0.1, -0.05) is 30.3 Å². The standard InChI is InChI=1S/C16H8F11NO2/c17-12(14(20,21)22,30-16(26,27)13(18,19)15(23,24)25)11(29)28-10-6-5-8-3-1-2-4-9(8)7-10/h1-7H,(H,28,29). The fourth-order valence-corrected chi connectivity index (χ4v) is 2.12. The van der Waals surface area contributed by atoms with Crippen molar-refractivity contribution in [2.75, 3.05) is 5.32 Å². The van der Waals surface area contributed by atoms with Gasteiger partial charge in [0.25, 0.3) is 5.91 Å². The van der Waals surface area contributed by atoms with Crippen LogP contribution in [-0.4, -0.2) is 36.1 Å². The number of nitrogens with one attached hydrogen (secondary N) is 1. The highest BCUT2D eigenvalue weighted by atomic mass is 19.4. The maximum atomic E-state index is 14.2. The zero-order valence-electron chi connectivity index (χ0n) is 14.0. The van der Waals surface area contributed by atoms with Crippen LogP contribution in [0.3, 0.4) is 0 Å². The lowest BCUT2D eigenvalue weighted by Crippen LogP contribution is -2.62. The number of benzene rings is 2. The van der Waals surface area contributed by atoms with Gasteiger partial charge in [-0.3, -0.25) is 9.53 Å². The molecule has 0 aliphatic heterocycles. The average Bonchev–Trinajstić information content (AvgIpc) is 2.59. The Kier molecular flexibility index (Phi) is 5.71. The molecule has 2 rings (SSSR count). The van der Waals surface area contributed by atoms with Crippen LogP contribution in [0.15, 0.2) is 42.5 Å². The number of halogens is 11. The minimum absolute atomic E-state index is 0.279. The molecule has 0 saturated heterocycles. The van der Waals surface area contributed by atoms with E-state index in [0.29, 0.717) is 5.39 Å². The molecule has 2 aromatic carbocycles. The summed E-state index contributed by atoms with van der Waals surface area (Å²) in [5.41, 5.74) is -0.612. The minimum Gasteiger partial charge on any atom is -0.321 e. The number of hydrogen-bond acceptors (Lipinski definition) is 2. The molecule has 0 heterocycles. The lowest BCUT2D eigenvalue weighted by atomic mass is 10.1. The summed E-state index contributed by atoms with van der Waals surface area (Å²) in [5.74, 6) is -16.6. The Hall–Kier alpha value is -2.64. The second kappa shape index (κ2) is 7.25. The van der Waals surface area contributed by atoms with Crippen LogP contribution in [0.25, 0.3) is 10.8 Å². The van der Waals surface area contributed by atoms with Gasteiger partial charge >= 0.3 is 30.2 Å². The van der Waals surface area contributed by atoms with Gasteiger partial charge in [0.15, 0.2) is 0 Å². The second-order valence-electron chi connectivity index (χ2n) is 5.80. The largest absolute Gasteiger partial charge is 0.462 e. The van der Waals surface area contributed by atoms with Gasteiger partial charge in [0.1, 0.15) is 0 Å². The molecular formula is C16H8F11NO2. The third-order valence-corrected chi connectivity index (χ3v) is 3.65. The molecule has 0 fully saturated rings. The number of rotatable bonds is 5. The summed E-state index contributed by atoms with van der Waals surface area (Å²) in [4.78, 5) is 11.7. The Morgan fingerprint density at radius 2 is 1.27 bits per heavy atom. The third kappa shape index (κ3) is 4.13. The van der Waals surface area contributed by atoms with Crippen molar-refractivity contribution >= 4 is 22.4 Å². The molecule has 1 atom stereocenters. The molecule has 1 unspecified atom stereocenters. The maximum Gasteiger partial charge on any atom is 0.462 e. The molecule has 2 aromatic rings. The molecule has 0 radical (unpaired) electrons. The van der Waals surface area contributed by atoms with E-state index in [2.05, 4.69) is 4.74 Å². The molecule has 1 amide bonds. The zero-order valence-corrected chi connectivity index (χ0v) is 14.0. The van der Waals surface area contributed by atoms with Crippen LogP contribution in [0.4, 0.5) is 54.0 Å². The lowest BCUT2D eigenvalue weighted by molar-refractivity contribution is -0.472. The molecule has 0 spiro atoms. The highest BCUT2D eigenvalue weighted by molar-refractivity contribution is 5.98. The molecular weight excluding hydrogens is 447 g/mol. The molecule has 0 bridgehead atoms. The van der Waals surface area contributed by atoms with Gasteiger partial charge in [-0.25, -0.2) is 0 Å². The fraction of sp³-hybridized carbons (Fsp3) is 0.312. The molecule has 14 heteroatoms. The van der Waals surface area contributed by atoms with Gasteiger partial charge in [0, 0.05) is 5.69 Å². The van der Waals surface area contributed by atoms with E-state index in [1.165, 1.54) is 29.6 Å². The highest BCUT2D eigenvalue weighted by Gasteiger charge is 2.79. The van der Waals surface area contributed by atoms with Crippen LogP contribution in [0.1, 0.15) is 0 Å². The number of anilines is 1. The summed E-state index contributed by atoms with van der Waals surface area (Å²) in [5, 5.41) is 1.95. The summed E-state index contributed by atoms with van der Waals surface area (Å²) < 4.78 is 143. The summed E-state index contributed by atoms with van der Waals surface area (Å²) in [6.07, 6.45) is -21.0. The number of amides is 1. The van der Waals surface area contributed by atoms with E-state index in [1.807, 2.05) is 0 Å². The fourth-order valence-electron chi connectivity index (χ4n) is 2.12. The van der Waals surface area contributed by atoms with Gasteiger partial charge in [-0.15, -0.1) is 0 Å².